The number of rotatable bonds is 7. The molecule has 0 saturated heterocycles. The second-order valence-electron chi connectivity index (χ2n) is 7.51. The van der Waals surface area contributed by atoms with Crippen LogP contribution in [0.4, 0.5) is 0 Å². The number of hydrogen-bond donors (Lipinski definition) is 2. The topological polar surface area (TPSA) is 79.9 Å². The summed E-state index contributed by atoms with van der Waals surface area (Å²) >= 11 is 1.52. The molecule has 188 valence electrons. The number of H-pyrrole nitrogens is 1. The standard InChI is InChI=1S/C24H22N4O2S.C3H6.C2H6/c1-16(2)30-28-24(29)20-8-3-4-9-23(20)31-18-11-12-19-21(26-27-22(19)15-18)13-10-17-7-5-6-14-25-17;1-3-2;1-2/h3-16H,1-2H3,(H,26,27)(H,28,29);3H,1H2,2H3;1-2H3/b13-10+;;. The Morgan fingerprint density at radius 3 is 2.50 bits per heavy atom. The molecule has 7 heteroatoms. The van der Waals surface area contributed by atoms with Crippen molar-refractivity contribution < 1.29 is 9.63 Å². The number of amides is 1. The first-order valence-electron chi connectivity index (χ1n) is 11.9. The molecule has 0 fully saturated rings. The van der Waals surface area contributed by atoms with Crippen molar-refractivity contribution in [2.75, 3.05) is 0 Å². The highest BCUT2D eigenvalue weighted by Crippen LogP contribution is 2.32. The van der Waals surface area contributed by atoms with Crippen LogP contribution in [0.25, 0.3) is 23.1 Å². The fourth-order valence-corrected chi connectivity index (χ4v) is 3.93. The molecule has 0 aliphatic heterocycles. The van der Waals surface area contributed by atoms with Gasteiger partial charge in [0.1, 0.15) is 0 Å². The van der Waals surface area contributed by atoms with E-state index in [4.69, 9.17) is 4.84 Å². The second kappa shape index (κ2) is 15.3. The van der Waals surface area contributed by atoms with Gasteiger partial charge in [0.25, 0.3) is 5.91 Å². The Bertz CT molecular complexity index is 1270. The second-order valence-corrected chi connectivity index (χ2v) is 8.62. The average Bonchev–Trinajstić information content (AvgIpc) is 3.31. The Morgan fingerprint density at radius 2 is 1.81 bits per heavy atom. The highest BCUT2D eigenvalue weighted by atomic mass is 32.2. The molecule has 0 radical (unpaired) electrons. The van der Waals surface area contributed by atoms with E-state index in [0.29, 0.717) is 5.56 Å². The Labute approximate surface area is 217 Å². The van der Waals surface area contributed by atoms with Crippen molar-refractivity contribution in [3.63, 3.8) is 0 Å². The van der Waals surface area contributed by atoms with Crippen LogP contribution in [0.5, 0.6) is 0 Å². The number of aromatic nitrogens is 3. The average molecular weight is 503 g/mol. The molecule has 6 nitrogen and oxygen atoms in total. The molecule has 0 aliphatic carbocycles. The number of allylic oxidation sites excluding steroid dienone is 1. The summed E-state index contributed by atoms with van der Waals surface area (Å²) in [6, 6.07) is 19.3. The van der Waals surface area contributed by atoms with Gasteiger partial charge in [0.15, 0.2) is 0 Å². The molecule has 2 N–H and O–H groups in total. The maximum atomic E-state index is 12.5. The molecule has 0 atom stereocenters. The highest BCUT2D eigenvalue weighted by Gasteiger charge is 2.13. The summed E-state index contributed by atoms with van der Waals surface area (Å²) in [4.78, 5) is 23.9. The lowest BCUT2D eigenvalue weighted by Gasteiger charge is -2.11. The third kappa shape index (κ3) is 8.52. The number of hydroxylamine groups is 1. The predicted molar refractivity (Wildman–Crippen MR) is 151 cm³/mol. The van der Waals surface area contributed by atoms with Gasteiger partial charge in [-0.2, -0.15) is 5.10 Å². The summed E-state index contributed by atoms with van der Waals surface area (Å²) in [7, 11) is 0. The summed E-state index contributed by atoms with van der Waals surface area (Å²) in [6.45, 7) is 13.0. The molecule has 2 aromatic carbocycles. The number of nitrogens with zero attached hydrogens (tertiary/aromatic N) is 2. The SMILES string of the molecule is C=CC.CC.CC(C)ONC(=O)c1ccccc1Sc1ccc2c(/C=C/c3ccccn3)n[nH]c2c1. The minimum absolute atomic E-state index is 0.0903. The first-order valence-corrected chi connectivity index (χ1v) is 12.7. The van der Waals surface area contributed by atoms with Gasteiger partial charge in [0, 0.05) is 21.4 Å². The van der Waals surface area contributed by atoms with Crippen molar-refractivity contribution in [1.82, 2.24) is 20.7 Å². The van der Waals surface area contributed by atoms with E-state index >= 15 is 0 Å². The van der Waals surface area contributed by atoms with E-state index in [1.165, 1.54) is 11.8 Å². The molecule has 1 amide bonds. The number of fused-ring (bicyclic) bond motifs is 1. The largest absolute Gasteiger partial charge is 0.277 e. The third-order valence-corrected chi connectivity index (χ3v) is 5.48. The zero-order valence-corrected chi connectivity index (χ0v) is 22.3. The van der Waals surface area contributed by atoms with Gasteiger partial charge < -0.3 is 0 Å². The minimum atomic E-state index is -0.263. The van der Waals surface area contributed by atoms with Gasteiger partial charge in [-0.1, -0.05) is 49.9 Å². The molecule has 2 aromatic heterocycles. The van der Waals surface area contributed by atoms with Crippen molar-refractivity contribution in [3.8, 4) is 0 Å². The van der Waals surface area contributed by atoms with Gasteiger partial charge in [-0.05, 0) is 75.4 Å². The number of pyridine rings is 1. The molecule has 0 spiro atoms. The van der Waals surface area contributed by atoms with Crippen LogP contribution in [0.1, 0.15) is 56.4 Å². The van der Waals surface area contributed by atoms with Crippen molar-refractivity contribution in [2.45, 2.75) is 50.5 Å². The van der Waals surface area contributed by atoms with Gasteiger partial charge in [-0.3, -0.25) is 19.7 Å². The van der Waals surface area contributed by atoms with Gasteiger partial charge in [0.2, 0.25) is 0 Å². The zero-order chi connectivity index (χ0) is 26.3. The molecule has 0 saturated carbocycles. The predicted octanol–water partition coefficient (Wildman–Crippen LogP) is 7.57. The molecule has 4 rings (SSSR count). The normalized spacial score (nSPS) is 10.4. The van der Waals surface area contributed by atoms with Crippen LogP contribution < -0.4 is 5.48 Å². The smallest absolute Gasteiger partial charge is 0.275 e. The number of aromatic amines is 1. The van der Waals surface area contributed by atoms with Crippen LogP contribution in [0.2, 0.25) is 0 Å². The molecule has 2 heterocycles. The zero-order valence-electron chi connectivity index (χ0n) is 21.5. The molecule has 0 unspecified atom stereocenters. The summed E-state index contributed by atoms with van der Waals surface area (Å²) in [5, 5.41) is 8.52. The van der Waals surface area contributed by atoms with Crippen molar-refractivity contribution >= 4 is 40.7 Å². The number of nitrogens with one attached hydrogen (secondary N) is 2. The van der Waals surface area contributed by atoms with Gasteiger partial charge in [-0.25, -0.2) is 5.48 Å². The number of hydrogen-bond acceptors (Lipinski definition) is 5. The molecular weight excluding hydrogens is 468 g/mol. The summed E-state index contributed by atoms with van der Waals surface area (Å²) in [5.41, 5.74) is 5.72. The number of carbonyl (C=O) groups excluding carboxylic acids is 1. The number of carbonyl (C=O) groups is 1. The summed E-state index contributed by atoms with van der Waals surface area (Å²) in [5.74, 6) is -0.263. The maximum Gasteiger partial charge on any atom is 0.275 e. The third-order valence-electron chi connectivity index (χ3n) is 4.41. The summed E-state index contributed by atoms with van der Waals surface area (Å²) < 4.78 is 0. The Hall–Kier alpha value is -3.68. The molecule has 36 heavy (non-hydrogen) atoms. The van der Waals surface area contributed by atoms with E-state index in [1.54, 1.807) is 18.3 Å². The minimum Gasteiger partial charge on any atom is -0.277 e. The first kappa shape index (κ1) is 28.6. The van der Waals surface area contributed by atoms with Crippen molar-refractivity contribution in [3.05, 3.63) is 96.5 Å². The Kier molecular flexibility index (Phi) is 12.2. The monoisotopic (exact) mass is 502 g/mol. The molecule has 0 aliphatic rings. The molecular formula is C29H34N4O2S. The lowest BCUT2D eigenvalue weighted by atomic mass is 10.2. The van der Waals surface area contributed by atoms with Crippen LogP contribution in [-0.2, 0) is 4.84 Å². The van der Waals surface area contributed by atoms with Crippen LogP contribution in [-0.4, -0.2) is 27.2 Å². The van der Waals surface area contributed by atoms with Gasteiger partial charge in [-0.15, -0.1) is 6.58 Å². The van der Waals surface area contributed by atoms with E-state index in [1.807, 2.05) is 101 Å². The number of benzene rings is 2. The van der Waals surface area contributed by atoms with Crippen molar-refractivity contribution in [1.29, 1.82) is 0 Å². The van der Waals surface area contributed by atoms with Crippen LogP contribution >= 0.6 is 11.8 Å². The maximum absolute atomic E-state index is 12.5. The van der Waals surface area contributed by atoms with Crippen LogP contribution in [0.3, 0.4) is 0 Å². The van der Waals surface area contributed by atoms with E-state index in [9.17, 15) is 4.79 Å². The van der Waals surface area contributed by atoms with Crippen molar-refractivity contribution in [2.24, 2.45) is 0 Å². The molecule has 0 bridgehead atoms. The lowest BCUT2D eigenvalue weighted by molar-refractivity contribution is -0.00000432. The summed E-state index contributed by atoms with van der Waals surface area (Å²) in [6.07, 6.45) is 7.31. The fourth-order valence-electron chi connectivity index (χ4n) is 2.95. The highest BCUT2D eigenvalue weighted by molar-refractivity contribution is 7.99. The Balaban J connectivity index is 0.000000850. The molecule has 4 aromatic rings. The van der Waals surface area contributed by atoms with Crippen LogP contribution in [0, 0.1) is 0 Å². The van der Waals surface area contributed by atoms with Gasteiger partial charge >= 0.3 is 0 Å². The quantitative estimate of drug-likeness (QED) is 0.201. The van der Waals surface area contributed by atoms with E-state index < -0.39 is 0 Å². The van der Waals surface area contributed by atoms with E-state index in [-0.39, 0.29) is 12.0 Å². The Morgan fingerprint density at radius 1 is 1.08 bits per heavy atom. The fraction of sp³-hybridized carbons (Fsp3) is 0.207. The van der Waals surface area contributed by atoms with E-state index in [0.717, 1.165) is 32.1 Å². The van der Waals surface area contributed by atoms with Gasteiger partial charge in [0.05, 0.1) is 28.6 Å². The van der Waals surface area contributed by atoms with E-state index in [2.05, 4.69) is 27.2 Å². The van der Waals surface area contributed by atoms with Crippen LogP contribution in [0.15, 0.2) is 89.3 Å². The lowest BCUT2D eigenvalue weighted by Crippen LogP contribution is -2.27. The first-order chi connectivity index (χ1) is 17.5.